The lowest BCUT2D eigenvalue weighted by molar-refractivity contribution is 0.281. The number of halogens is 1. The first-order valence-electron chi connectivity index (χ1n) is 3.59. The molecule has 0 aromatic heterocycles. The van der Waals surface area contributed by atoms with Gasteiger partial charge in [-0.25, -0.2) is 4.39 Å². The van der Waals surface area contributed by atoms with Crippen molar-refractivity contribution < 1.29 is 4.39 Å². The van der Waals surface area contributed by atoms with Crippen LogP contribution in [0.2, 0.25) is 0 Å². The van der Waals surface area contributed by atoms with Crippen molar-refractivity contribution in [2.24, 2.45) is 5.73 Å². The average molecular weight is 131 g/mol. The van der Waals surface area contributed by atoms with Crippen molar-refractivity contribution in [1.29, 1.82) is 0 Å². The van der Waals surface area contributed by atoms with E-state index in [9.17, 15) is 4.39 Å². The van der Waals surface area contributed by atoms with Crippen LogP contribution in [0.15, 0.2) is 0 Å². The van der Waals surface area contributed by atoms with E-state index in [0.717, 1.165) is 12.8 Å². The van der Waals surface area contributed by atoms with Gasteiger partial charge in [-0.1, -0.05) is 6.92 Å². The lowest BCUT2D eigenvalue weighted by atomic mass is 10.1. The van der Waals surface area contributed by atoms with E-state index >= 15 is 0 Å². The fourth-order valence-corrected chi connectivity index (χ4v) is 0.950. The van der Waals surface area contributed by atoms with Crippen molar-refractivity contribution in [1.82, 2.24) is 0 Å². The minimum atomic E-state index is -0.669. The third-order valence-electron chi connectivity index (χ3n) is 1.96. The summed E-state index contributed by atoms with van der Waals surface area (Å²) in [5, 5.41) is 0. The normalized spacial score (nSPS) is 25.7. The van der Waals surface area contributed by atoms with Gasteiger partial charge in [0.1, 0.15) is 6.17 Å². The molecule has 0 bridgehead atoms. The Bertz CT molecular complexity index is 99.1. The van der Waals surface area contributed by atoms with Gasteiger partial charge in [-0.05, 0) is 25.7 Å². The fourth-order valence-electron chi connectivity index (χ4n) is 0.950. The molecule has 1 fully saturated rings. The largest absolute Gasteiger partial charge is 0.325 e. The van der Waals surface area contributed by atoms with Crippen LogP contribution in [0.4, 0.5) is 4.39 Å². The van der Waals surface area contributed by atoms with Crippen molar-refractivity contribution in [2.45, 2.75) is 44.3 Å². The van der Waals surface area contributed by atoms with Crippen molar-refractivity contribution >= 4 is 0 Å². The zero-order valence-electron chi connectivity index (χ0n) is 5.86. The van der Waals surface area contributed by atoms with Gasteiger partial charge >= 0.3 is 0 Å². The summed E-state index contributed by atoms with van der Waals surface area (Å²) >= 11 is 0. The molecule has 54 valence electrons. The smallest absolute Gasteiger partial charge is 0.102 e. The molecule has 1 unspecified atom stereocenters. The van der Waals surface area contributed by atoms with E-state index in [0.29, 0.717) is 12.8 Å². The number of alkyl halides is 1. The molecule has 1 atom stereocenters. The van der Waals surface area contributed by atoms with Gasteiger partial charge in [-0.3, -0.25) is 0 Å². The van der Waals surface area contributed by atoms with Crippen LogP contribution < -0.4 is 5.73 Å². The highest BCUT2D eigenvalue weighted by atomic mass is 19.1. The van der Waals surface area contributed by atoms with Crippen LogP contribution in [0.25, 0.3) is 0 Å². The molecule has 1 rings (SSSR count). The van der Waals surface area contributed by atoms with Gasteiger partial charge in [0.15, 0.2) is 0 Å². The van der Waals surface area contributed by atoms with E-state index in [2.05, 4.69) is 0 Å². The Labute approximate surface area is 55.4 Å². The van der Waals surface area contributed by atoms with Gasteiger partial charge < -0.3 is 5.73 Å². The molecule has 1 nitrogen and oxygen atoms in total. The minimum absolute atomic E-state index is 0.102. The topological polar surface area (TPSA) is 26.0 Å². The molecule has 0 aliphatic heterocycles. The van der Waals surface area contributed by atoms with E-state index in [-0.39, 0.29) is 5.54 Å². The Morgan fingerprint density at radius 1 is 1.67 bits per heavy atom. The molecule has 0 heterocycles. The molecule has 1 aliphatic rings. The second-order valence-corrected chi connectivity index (χ2v) is 3.07. The van der Waals surface area contributed by atoms with Crippen LogP contribution in [0.3, 0.4) is 0 Å². The second kappa shape index (κ2) is 2.25. The Balaban J connectivity index is 2.17. The van der Waals surface area contributed by atoms with Gasteiger partial charge in [0.05, 0.1) is 0 Å². The maximum absolute atomic E-state index is 12.6. The molecule has 0 amide bonds. The maximum atomic E-state index is 12.6. The SMILES string of the molecule is CCC(F)CC1(N)CC1. The third-order valence-corrected chi connectivity index (χ3v) is 1.96. The number of hydrogen-bond donors (Lipinski definition) is 1. The van der Waals surface area contributed by atoms with Crippen molar-refractivity contribution in [3.05, 3.63) is 0 Å². The number of rotatable bonds is 3. The molecule has 9 heavy (non-hydrogen) atoms. The van der Waals surface area contributed by atoms with Crippen LogP contribution in [0.1, 0.15) is 32.6 Å². The molecule has 2 heteroatoms. The van der Waals surface area contributed by atoms with E-state index in [1.165, 1.54) is 0 Å². The minimum Gasteiger partial charge on any atom is -0.325 e. The van der Waals surface area contributed by atoms with Gasteiger partial charge in [0.2, 0.25) is 0 Å². The monoisotopic (exact) mass is 131 g/mol. The molecule has 1 aliphatic carbocycles. The lowest BCUT2D eigenvalue weighted by Gasteiger charge is -2.09. The van der Waals surface area contributed by atoms with Gasteiger partial charge in [-0.15, -0.1) is 0 Å². The highest BCUT2D eigenvalue weighted by Gasteiger charge is 2.39. The summed E-state index contributed by atoms with van der Waals surface area (Å²) in [5.41, 5.74) is 5.58. The van der Waals surface area contributed by atoms with E-state index in [1.54, 1.807) is 0 Å². The van der Waals surface area contributed by atoms with Crippen molar-refractivity contribution in [3.8, 4) is 0 Å². The number of hydrogen-bond acceptors (Lipinski definition) is 1. The molecule has 0 saturated heterocycles. The first-order chi connectivity index (χ1) is 4.16. The highest BCUT2D eigenvalue weighted by Crippen LogP contribution is 2.37. The summed E-state index contributed by atoms with van der Waals surface area (Å²) in [7, 11) is 0. The Kier molecular flexibility index (Phi) is 1.75. The fraction of sp³-hybridized carbons (Fsp3) is 1.00. The Hall–Kier alpha value is -0.110. The molecule has 0 radical (unpaired) electrons. The molecular weight excluding hydrogens is 117 g/mol. The Morgan fingerprint density at radius 2 is 2.22 bits per heavy atom. The van der Waals surface area contributed by atoms with Crippen LogP contribution in [-0.2, 0) is 0 Å². The first-order valence-corrected chi connectivity index (χ1v) is 3.59. The van der Waals surface area contributed by atoms with Crippen LogP contribution >= 0.6 is 0 Å². The molecule has 0 aromatic carbocycles. The standard InChI is InChI=1S/C7H14FN/c1-2-6(8)5-7(9)3-4-7/h6H,2-5,9H2,1H3. The van der Waals surface area contributed by atoms with E-state index in [1.807, 2.05) is 6.92 Å². The highest BCUT2D eigenvalue weighted by molar-refractivity contribution is 4.99. The van der Waals surface area contributed by atoms with E-state index in [4.69, 9.17) is 5.73 Å². The molecular formula is C7H14FN. The van der Waals surface area contributed by atoms with Crippen molar-refractivity contribution in [3.63, 3.8) is 0 Å². The third kappa shape index (κ3) is 1.94. The Morgan fingerprint density at radius 3 is 2.56 bits per heavy atom. The van der Waals surface area contributed by atoms with Crippen LogP contribution in [0, 0.1) is 0 Å². The summed E-state index contributed by atoms with van der Waals surface area (Å²) < 4.78 is 12.6. The number of nitrogens with two attached hydrogens (primary N) is 1. The predicted octanol–water partition coefficient (Wildman–Crippen LogP) is 1.62. The second-order valence-electron chi connectivity index (χ2n) is 3.07. The molecule has 1 saturated carbocycles. The van der Waals surface area contributed by atoms with E-state index < -0.39 is 6.17 Å². The average Bonchev–Trinajstić information content (AvgIpc) is 2.48. The zero-order chi connectivity index (χ0) is 6.91. The first kappa shape index (κ1) is 7.00. The van der Waals surface area contributed by atoms with Gasteiger partial charge in [0.25, 0.3) is 0 Å². The summed E-state index contributed by atoms with van der Waals surface area (Å²) in [6.45, 7) is 1.86. The van der Waals surface area contributed by atoms with Crippen molar-refractivity contribution in [2.75, 3.05) is 0 Å². The molecule has 0 aromatic rings. The van der Waals surface area contributed by atoms with Gasteiger partial charge in [0, 0.05) is 5.54 Å². The van der Waals surface area contributed by atoms with Crippen LogP contribution in [0.5, 0.6) is 0 Å². The zero-order valence-corrected chi connectivity index (χ0v) is 5.86. The van der Waals surface area contributed by atoms with Gasteiger partial charge in [-0.2, -0.15) is 0 Å². The summed E-state index contributed by atoms with van der Waals surface area (Å²) in [6, 6.07) is 0. The lowest BCUT2D eigenvalue weighted by Crippen LogP contribution is -2.25. The summed E-state index contributed by atoms with van der Waals surface area (Å²) in [5.74, 6) is 0. The van der Waals surface area contributed by atoms with Crippen LogP contribution in [-0.4, -0.2) is 11.7 Å². The maximum Gasteiger partial charge on any atom is 0.102 e. The summed E-state index contributed by atoms with van der Waals surface area (Å²) in [4.78, 5) is 0. The quantitative estimate of drug-likeness (QED) is 0.618. The summed E-state index contributed by atoms with van der Waals surface area (Å²) in [6.07, 6.45) is 2.56. The predicted molar refractivity (Wildman–Crippen MR) is 36.0 cm³/mol. The molecule has 0 spiro atoms. The molecule has 2 N–H and O–H groups in total.